The summed E-state index contributed by atoms with van der Waals surface area (Å²) in [6, 6.07) is 0. The number of hydrogen-bond donors (Lipinski definition) is 0. The van der Waals surface area contributed by atoms with Crippen LogP contribution in [0, 0.1) is 5.41 Å². The second-order valence-corrected chi connectivity index (χ2v) is 3.25. The highest BCUT2D eigenvalue weighted by Crippen LogP contribution is 2.24. The second kappa shape index (κ2) is 4.91. The van der Waals surface area contributed by atoms with Crippen LogP contribution >= 0.6 is 0 Å². The van der Waals surface area contributed by atoms with Crippen LogP contribution in [0.15, 0.2) is 24.3 Å². The summed E-state index contributed by atoms with van der Waals surface area (Å²) in [7, 11) is 0. The molecule has 0 N–H and O–H groups in total. The van der Waals surface area contributed by atoms with Crippen LogP contribution in [0.2, 0.25) is 0 Å². The first kappa shape index (κ1) is 11.2. The van der Waals surface area contributed by atoms with Crippen LogP contribution in [-0.4, -0.2) is 5.78 Å². The van der Waals surface area contributed by atoms with E-state index in [9.17, 15) is 4.79 Å². The van der Waals surface area contributed by atoms with Gasteiger partial charge in [0.25, 0.3) is 0 Å². The smallest absolute Gasteiger partial charge is 0.139 e. The molecule has 1 atom stereocenters. The Morgan fingerprint density at radius 2 is 1.92 bits per heavy atom. The van der Waals surface area contributed by atoms with Crippen molar-refractivity contribution in [2.45, 2.75) is 34.1 Å². The molecule has 68 valence electrons. The van der Waals surface area contributed by atoms with Crippen molar-refractivity contribution in [3.8, 4) is 0 Å². The number of carbonyl (C=O) groups excluding carboxylic acids is 1. The standard InChI is InChI=1S/C11H18O/c1-5-7-9-11(4,8-6-2)10(3)12/h5-8H,9H2,1-4H3/b7-5+,8-6+. The first-order valence-electron chi connectivity index (χ1n) is 4.33. The quantitative estimate of drug-likeness (QED) is 0.586. The summed E-state index contributed by atoms with van der Waals surface area (Å²) in [5, 5.41) is 0. The van der Waals surface area contributed by atoms with E-state index in [0.717, 1.165) is 6.42 Å². The third-order valence-electron chi connectivity index (χ3n) is 2.12. The molecule has 0 aliphatic rings. The van der Waals surface area contributed by atoms with Crippen molar-refractivity contribution < 1.29 is 4.79 Å². The molecule has 1 nitrogen and oxygen atoms in total. The molecule has 1 heteroatoms. The Morgan fingerprint density at radius 3 is 2.25 bits per heavy atom. The Hall–Kier alpha value is -0.850. The van der Waals surface area contributed by atoms with Gasteiger partial charge in [-0.15, -0.1) is 0 Å². The third kappa shape index (κ3) is 3.04. The molecule has 0 amide bonds. The van der Waals surface area contributed by atoms with Crippen molar-refractivity contribution in [2.24, 2.45) is 5.41 Å². The zero-order valence-electron chi connectivity index (χ0n) is 8.42. The summed E-state index contributed by atoms with van der Waals surface area (Å²) in [4.78, 5) is 11.3. The van der Waals surface area contributed by atoms with E-state index in [2.05, 4.69) is 0 Å². The van der Waals surface area contributed by atoms with Crippen molar-refractivity contribution in [3.05, 3.63) is 24.3 Å². The summed E-state index contributed by atoms with van der Waals surface area (Å²) < 4.78 is 0. The van der Waals surface area contributed by atoms with Gasteiger partial charge in [0.2, 0.25) is 0 Å². The largest absolute Gasteiger partial charge is 0.299 e. The van der Waals surface area contributed by atoms with Gasteiger partial charge in [0.05, 0.1) is 0 Å². The van der Waals surface area contributed by atoms with Crippen LogP contribution in [0.5, 0.6) is 0 Å². The van der Waals surface area contributed by atoms with E-state index in [-0.39, 0.29) is 11.2 Å². The minimum atomic E-state index is -0.304. The summed E-state index contributed by atoms with van der Waals surface area (Å²) in [6.07, 6.45) is 8.70. The number of rotatable bonds is 4. The molecule has 1 unspecified atom stereocenters. The zero-order chi connectivity index (χ0) is 9.61. The fraction of sp³-hybridized carbons (Fsp3) is 0.545. The summed E-state index contributed by atoms with van der Waals surface area (Å²) >= 11 is 0. The highest BCUT2D eigenvalue weighted by atomic mass is 16.1. The van der Waals surface area contributed by atoms with E-state index in [4.69, 9.17) is 0 Å². The van der Waals surface area contributed by atoms with Gasteiger partial charge in [0.15, 0.2) is 0 Å². The van der Waals surface area contributed by atoms with Crippen molar-refractivity contribution in [1.29, 1.82) is 0 Å². The van der Waals surface area contributed by atoms with Gasteiger partial charge in [-0.05, 0) is 34.1 Å². The summed E-state index contributed by atoms with van der Waals surface area (Å²) in [6.45, 7) is 7.52. The minimum Gasteiger partial charge on any atom is -0.299 e. The highest BCUT2D eigenvalue weighted by Gasteiger charge is 2.24. The normalized spacial score (nSPS) is 17.0. The molecule has 0 spiro atoms. The minimum absolute atomic E-state index is 0.221. The van der Waals surface area contributed by atoms with E-state index >= 15 is 0 Å². The predicted octanol–water partition coefficient (Wildman–Crippen LogP) is 3.12. The molecule has 0 aliphatic heterocycles. The molecule has 0 aliphatic carbocycles. The topological polar surface area (TPSA) is 17.1 Å². The van der Waals surface area contributed by atoms with Crippen molar-refractivity contribution in [1.82, 2.24) is 0 Å². The van der Waals surface area contributed by atoms with Crippen LogP contribution in [0.3, 0.4) is 0 Å². The van der Waals surface area contributed by atoms with E-state index in [1.54, 1.807) is 6.92 Å². The second-order valence-electron chi connectivity index (χ2n) is 3.25. The van der Waals surface area contributed by atoms with Crippen LogP contribution in [0.25, 0.3) is 0 Å². The highest BCUT2D eigenvalue weighted by molar-refractivity contribution is 5.84. The van der Waals surface area contributed by atoms with E-state index in [0.29, 0.717) is 0 Å². The van der Waals surface area contributed by atoms with Crippen LogP contribution in [0.1, 0.15) is 34.1 Å². The molecule has 0 heterocycles. The molecule has 0 radical (unpaired) electrons. The average molecular weight is 166 g/mol. The monoisotopic (exact) mass is 166 g/mol. The van der Waals surface area contributed by atoms with Gasteiger partial charge >= 0.3 is 0 Å². The average Bonchev–Trinajstić information content (AvgIpc) is 2.01. The molecule has 0 aromatic rings. The maximum atomic E-state index is 11.3. The number of carbonyl (C=O) groups is 1. The molecule has 0 saturated carbocycles. The summed E-state index contributed by atoms with van der Waals surface area (Å²) in [5.41, 5.74) is -0.304. The molecule has 0 saturated heterocycles. The van der Waals surface area contributed by atoms with Crippen molar-refractivity contribution in [3.63, 3.8) is 0 Å². The lowest BCUT2D eigenvalue weighted by atomic mass is 9.82. The number of ketones is 1. The molecule has 0 rings (SSSR count). The van der Waals surface area contributed by atoms with Crippen LogP contribution in [0.4, 0.5) is 0 Å². The molecule has 0 aromatic heterocycles. The Balaban J connectivity index is 4.50. The molecule has 12 heavy (non-hydrogen) atoms. The fourth-order valence-corrected chi connectivity index (χ4v) is 1.06. The van der Waals surface area contributed by atoms with Gasteiger partial charge in [-0.1, -0.05) is 24.3 Å². The maximum absolute atomic E-state index is 11.3. The molecular weight excluding hydrogens is 148 g/mol. The van der Waals surface area contributed by atoms with Gasteiger partial charge in [-0.25, -0.2) is 0 Å². The van der Waals surface area contributed by atoms with Gasteiger partial charge in [-0.3, -0.25) is 4.79 Å². The third-order valence-corrected chi connectivity index (χ3v) is 2.12. The SMILES string of the molecule is C/C=C/CC(C)(/C=C/C)C(C)=O. The predicted molar refractivity (Wildman–Crippen MR) is 53.0 cm³/mol. The summed E-state index contributed by atoms with van der Waals surface area (Å²) in [5.74, 6) is 0.221. The first-order chi connectivity index (χ1) is 5.56. The fourth-order valence-electron chi connectivity index (χ4n) is 1.06. The van der Waals surface area contributed by atoms with Crippen molar-refractivity contribution in [2.75, 3.05) is 0 Å². The lowest BCUT2D eigenvalue weighted by molar-refractivity contribution is -0.123. The zero-order valence-corrected chi connectivity index (χ0v) is 8.42. The molecule has 0 bridgehead atoms. The lowest BCUT2D eigenvalue weighted by Gasteiger charge is -2.20. The first-order valence-corrected chi connectivity index (χ1v) is 4.33. The van der Waals surface area contributed by atoms with Gasteiger partial charge in [0, 0.05) is 5.41 Å². The van der Waals surface area contributed by atoms with Crippen molar-refractivity contribution >= 4 is 5.78 Å². The molecule has 0 aromatic carbocycles. The van der Waals surface area contributed by atoms with E-state index in [1.165, 1.54) is 0 Å². The Bertz CT molecular complexity index is 201. The van der Waals surface area contributed by atoms with E-state index in [1.807, 2.05) is 45.1 Å². The van der Waals surface area contributed by atoms with Crippen LogP contribution < -0.4 is 0 Å². The number of hydrogen-bond acceptors (Lipinski definition) is 1. The molecule has 0 fully saturated rings. The van der Waals surface area contributed by atoms with E-state index < -0.39 is 0 Å². The van der Waals surface area contributed by atoms with Gasteiger partial charge in [-0.2, -0.15) is 0 Å². The lowest BCUT2D eigenvalue weighted by Crippen LogP contribution is -2.21. The molecular formula is C11H18O. The van der Waals surface area contributed by atoms with Gasteiger partial charge < -0.3 is 0 Å². The number of allylic oxidation sites excluding steroid dienone is 4. The number of Topliss-reactive ketones (excluding diaryl/α,β-unsaturated/α-hetero) is 1. The Kier molecular flexibility index (Phi) is 4.57. The van der Waals surface area contributed by atoms with Crippen LogP contribution in [-0.2, 0) is 4.79 Å². The Morgan fingerprint density at radius 1 is 1.33 bits per heavy atom. The Labute approximate surface area is 75.2 Å². The maximum Gasteiger partial charge on any atom is 0.139 e. The van der Waals surface area contributed by atoms with Gasteiger partial charge in [0.1, 0.15) is 5.78 Å².